The van der Waals surface area contributed by atoms with Crippen molar-refractivity contribution in [3.05, 3.63) is 0 Å². The first-order valence-corrected chi connectivity index (χ1v) is 8.44. The van der Waals surface area contributed by atoms with Crippen LogP contribution in [0.25, 0.3) is 0 Å². The standard InChI is InChI=1S/C12H28S/c1-8-11(3)12(4,9-2)10-13(5,6)7/h11H,8-10H2,1-7H3. The molecule has 0 bridgehead atoms. The van der Waals surface area contributed by atoms with Gasteiger partial charge in [-0.1, -0.05) is 34.1 Å². The summed E-state index contributed by atoms with van der Waals surface area (Å²) in [5.41, 5.74) is 0.572. The minimum atomic E-state index is -0.349. The lowest BCUT2D eigenvalue weighted by Gasteiger charge is -2.42. The summed E-state index contributed by atoms with van der Waals surface area (Å²) in [6, 6.07) is 0. The fourth-order valence-electron chi connectivity index (χ4n) is 2.07. The topological polar surface area (TPSA) is 0 Å². The maximum Gasteiger partial charge on any atom is -0.0179 e. The van der Waals surface area contributed by atoms with Crippen molar-refractivity contribution in [1.82, 2.24) is 0 Å². The van der Waals surface area contributed by atoms with Gasteiger partial charge in [0.05, 0.1) is 0 Å². The molecule has 0 amide bonds. The van der Waals surface area contributed by atoms with Gasteiger partial charge >= 0.3 is 0 Å². The van der Waals surface area contributed by atoms with Crippen molar-refractivity contribution in [3.63, 3.8) is 0 Å². The van der Waals surface area contributed by atoms with Gasteiger partial charge in [0.15, 0.2) is 0 Å². The average molecular weight is 204 g/mol. The van der Waals surface area contributed by atoms with E-state index in [9.17, 15) is 0 Å². The maximum absolute atomic E-state index is 2.47. The van der Waals surface area contributed by atoms with E-state index in [4.69, 9.17) is 0 Å². The molecule has 82 valence electrons. The van der Waals surface area contributed by atoms with Gasteiger partial charge in [-0.25, -0.2) is 10.0 Å². The first-order valence-electron chi connectivity index (χ1n) is 5.41. The highest BCUT2D eigenvalue weighted by atomic mass is 32.3. The van der Waals surface area contributed by atoms with Crippen LogP contribution < -0.4 is 0 Å². The molecule has 1 heteroatoms. The first-order chi connectivity index (χ1) is 5.75. The molecule has 0 fully saturated rings. The molecule has 0 aromatic heterocycles. The van der Waals surface area contributed by atoms with E-state index in [0.29, 0.717) is 5.41 Å². The molecule has 0 aromatic carbocycles. The predicted molar refractivity (Wildman–Crippen MR) is 68.1 cm³/mol. The van der Waals surface area contributed by atoms with Gasteiger partial charge in [-0.3, -0.25) is 0 Å². The van der Waals surface area contributed by atoms with Gasteiger partial charge in [-0.2, -0.15) is 0 Å². The molecule has 13 heavy (non-hydrogen) atoms. The fraction of sp³-hybridized carbons (Fsp3) is 1.00. The van der Waals surface area contributed by atoms with E-state index in [0.717, 1.165) is 5.92 Å². The van der Waals surface area contributed by atoms with E-state index in [-0.39, 0.29) is 10.0 Å². The zero-order chi connectivity index (χ0) is 10.7. The molecule has 0 rings (SSSR count). The third-order valence-corrected chi connectivity index (χ3v) is 4.90. The summed E-state index contributed by atoms with van der Waals surface area (Å²) in [6.45, 7) is 9.54. The Morgan fingerprint density at radius 3 is 1.85 bits per heavy atom. The predicted octanol–water partition coefficient (Wildman–Crippen LogP) is 4.14. The van der Waals surface area contributed by atoms with Crippen LogP contribution in [-0.2, 0) is 0 Å². The lowest BCUT2D eigenvalue weighted by Crippen LogP contribution is -2.30. The Balaban J connectivity index is 4.45. The number of rotatable bonds is 5. The van der Waals surface area contributed by atoms with E-state index in [2.05, 4.69) is 46.5 Å². The minimum Gasteiger partial charge on any atom is -0.249 e. The van der Waals surface area contributed by atoms with Crippen LogP contribution in [0.3, 0.4) is 0 Å². The van der Waals surface area contributed by atoms with E-state index >= 15 is 0 Å². The van der Waals surface area contributed by atoms with Crippen molar-refractivity contribution >= 4 is 10.0 Å². The Hall–Kier alpha value is 0.350. The van der Waals surface area contributed by atoms with Gasteiger partial charge in [0.25, 0.3) is 0 Å². The Morgan fingerprint density at radius 2 is 1.62 bits per heavy atom. The van der Waals surface area contributed by atoms with Gasteiger partial charge in [0.1, 0.15) is 0 Å². The third-order valence-electron chi connectivity index (χ3n) is 3.37. The molecule has 0 heterocycles. The average Bonchev–Trinajstić information content (AvgIpc) is 1.99. The summed E-state index contributed by atoms with van der Waals surface area (Å²) in [7, 11) is -0.349. The SMILES string of the molecule is CCC(C)C(C)(CC)CS(C)(C)C. The largest absolute Gasteiger partial charge is 0.249 e. The first kappa shape index (κ1) is 13.4. The molecule has 0 N–H and O–H groups in total. The van der Waals surface area contributed by atoms with Crippen molar-refractivity contribution in [2.75, 3.05) is 24.5 Å². The maximum atomic E-state index is 2.47. The lowest BCUT2D eigenvalue weighted by atomic mass is 9.76. The summed E-state index contributed by atoms with van der Waals surface area (Å²) in [4.78, 5) is 0. The summed E-state index contributed by atoms with van der Waals surface area (Å²) in [6.07, 6.45) is 9.95. The number of hydrogen-bond donors (Lipinski definition) is 0. The van der Waals surface area contributed by atoms with Crippen molar-refractivity contribution in [2.45, 2.75) is 40.5 Å². The Kier molecular flexibility index (Phi) is 4.85. The van der Waals surface area contributed by atoms with Crippen molar-refractivity contribution in [3.8, 4) is 0 Å². The second-order valence-electron chi connectivity index (χ2n) is 5.55. The summed E-state index contributed by atoms with van der Waals surface area (Å²) in [5.74, 6) is 2.29. The highest BCUT2D eigenvalue weighted by molar-refractivity contribution is 8.32. The van der Waals surface area contributed by atoms with Gasteiger partial charge in [-0.05, 0) is 42.3 Å². The smallest absolute Gasteiger partial charge is 0.0179 e. The van der Waals surface area contributed by atoms with Crippen LogP contribution in [0, 0.1) is 11.3 Å². The summed E-state index contributed by atoms with van der Waals surface area (Å²) >= 11 is 0. The van der Waals surface area contributed by atoms with E-state index in [1.807, 2.05) is 0 Å². The van der Waals surface area contributed by atoms with Crippen LogP contribution in [0.5, 0.6) is 0 Å². The van der Waals surface area contributed by atoms with Crippen molar-refractivity contribution in [2.24, 2.45) is 11.3 Å². The second-order valence-corrected chi connectivity index (χ2v) is 10.0. The highest BCUT2D eigenvalue weighted by Crippen LogP contribution is 2.47. The number of hydrogen-bond acceptors (Lipinski definition) is 0. The molecule has 0 radical (unpaired) electrons. The van der Waals surface area contributed by atoms with Crippen LogP contribution in [-0.4, -0.2) is 24.5 Å². The van der Waals surface area contributed by atoms with Crippen LogP contribution in [0.4, 0.5) is 0 Å². The monoisotopic (exact) mass is 204 g/mol. The minimum absolute atomic E-state index is 0.349. The molecule has 2 unspecified atom stereocenters. The van der Waals surface area contributed by atoms with Crippen molar-refractivity contribution in [1.29, 1.82) is 0 Å². The Bertz CT molecular complexity index is 146. The van der Waals surface area contributed by atoms with Crippen LogP contribution in [0.15, 0.2) is 0 Å². The van der Waals surface area contributed by atoms with E-state index < -0.39 is 0 Å². The van der Waals surface area contributed by atoms with Crippen LogP contribution in [0.1, 0.15) is 40.5 Å². The lowest BCUT2D eigenvalue weighted by molar-refractivity contribution is 0.221. The van der Waals surface area contributed by atoms with Gasteiger partial charge < -0.3 is 0 Å². The molecule has 0 nitrogen and oxygen atoms in total. The molecule has 2 atom stereocenters. The van der Waals surface area contributed by atoms with Crippen molar-refractivity contribution < 1.29 is 0 Å². The zero-order valence-electron chi connectivity index (χ0n) is 10.6. The molecular weight excluding hydrogens is 176 g/mol. The molecular formula is C12H28S. The third kappa shape index (κ3) is 4.39. The highest BCUT2D eigenvalue weighted by Gasteiger charge is 2.30. The molecule has 0 aliphatic heterocycles. The zero-order valence-corrected chi connectivity index (χ0v) is 11.4. The van der Waals surface area contributed by atoms with Gasteiger partial charge in [0.2, 0.25) is 0 Å². The summed E-state index contributed by atoms with van der Waals surface area (Å²) in [5, 5.41) is 0. The van der Waals surface area contributed by atoms with Crippen LogP contribution >= 0.6 is 10.0 Å². The molecule has 0 aromatic rings. The molecule has 0 aliphatic carbocycles. The second kappa shape index (κ2) is 4.72. The molecule has 0 saturated carbocycles. The molecule has 0 saturated heterocycles. The van der Waals surface area contributed by atoms with E-state index in [1.165, 1.54) is 18.6 Å². The van der Waals surface area contributed by atoms with Gasteiger partial charge in [-0.15, -0.1) is 0 Å². The van der Waals surface area contributed by atoms with Gasteiger partial charge in [0, 0.05) is 0 Å². The summed E-state index contributed by atoms with van der Waals surface area (Å²) < 4.78 is 0. The Morgan fingerprint density at radius 1 is 1.15 bits per heavy atom. The normalized spacial score (nSPS) is 20.8. The van der Waals surface area contributed by atoms with E-state index in [1.54, 1.807) is 0 Å². The quantitative estimate of drug-likeness (QED) is 0.631. The fourth-order valence-corrected chi connectivity index (χ4v) is 4.54. The Labute approximate surface area is 86.8 Å². The molecule has 0 aliphatic rings. The molecule has 0 spiro atoms. The van der Waals surface area contributed by atoms with Crippen LogP contribution in [0.2, 0.25) is 0 Å².